The van der Waals surface area contributed by atoms with E-state index in [4.69, 9.17) is 19.0 Å². The maximum atomic E-state index is 6.80. The number of hydroxylamine groups is 2. The topological polar surface area (TPSA) is 40.2 Å². The monoisotopic (exact) mass is 481 g/mol. The van der Waals surface area contributed by atoms with Gasteiger partial charge in [0.15, 0.2) is 5.79 Å². The molecule has 2 heterocycles. The molecule has 2 saturated heterocycles. The van der Waals surface area contributed by atoms with Crippen molar-refractivity contribution >= 4 is 0 Å². The molecule has 0 saturated carbocycles. The lowest BCUT2D eigenvalue weighted by molar-refractivity contribution is -0.380. The molecule has 0 N–H and O–H groups in total. The Morgan fingerprint density at radius 3 is 2.29 bits per heavy atom. The first-order chi connectivity index (χ1) is 16.8. The number of rotatable bonds is 9. The smallest absolute Gasteiger partial charge is 0.175 e. The SMILES string of the molecule is CCC1(C)CC2(OCC(COCc3ccccc3)O2)C(C)C(C)(CC)N1OC(C)c1ccccc1. The normalized spacial score (nSPS) is 34.3. The molecule has 2 aromatic rings. The molecule has 0 aliphatic carbocycles. The molecular formula is C30H43NO4. The van der Waals surface area contributed by atoms with E-state index in [2.05, 4.69) is 83.0 Å². The van der Waals surface area contributed by atoms with E-state index in [9.17, 15) is 0 Å². The third kappa shape index (κ3) is 5.21. The van der Waals surface area contributed by atoms with Gasteiger partial charge >= 0.3 is 0 Å². The fourth-order valence-electron chi connectivity index (χ4n) is 5.80. The number of nitrogens with zero attached hydrogens (tertiary/aromatic N) is 1. The Morgan fingerprint density at radius 1 is 1.00 bits per heavy atom. The molecule has 6 unspecified atom stereocenters. The minimum absolute atomic E-state index is 0.0428. The van der Waals surface area contributed by atoms with Crippen molar-refractivity contribution in [3.05, 3.63) is 71.8 Å². The van der Waals surface area contributed by atoms with Crippen LogP contribution in [0.25, 0.3) is 0 Å². The van der Waals surface area contributed by atoms with E-state index < -0.39 is 5.79 Å². The molecule has 192 valence electrons. The van der Waals surface area contributed by atoms with Gasteiger partial charge in [-0.1, -0.05) is 81.4 Å². The van der Waals surface area contributed by atoms with Crippen LogP contribution in [0.4, 0.5) is 0 Å². The first kappa shape index (κ1) is 26.3. The molecule has 5 heteroatoms. The molecule has 1 spiro atoms. The molecule has 2 aliphatic heterocycles. The zero-order valence-electron chi connectivity index (χ0n) is 22.3. The number of ether oxygens (including phenoxy) is 3. The van der Waals surface area contributed by atoms with Crippen molar-refractivity contribution in [1.29, 1.82) is 0 Å². The highest BCUT2D eigenvalue weighted by Gasteiger charge is 2.64. The summed E-state index contributed by atoms with van der Waals surface area (Å²) in [5, 5.41) is 2.29. The van der Waals surface area contributed by atoms with Gasteiger partial charge in [0, 0.05) is 17.9 Å². The Balaban J connectivity index is 1.50. The summed E-state index contributed by atoms with van der Waals surface area (Å²) in [4.78, 5) is 6.80. The number of benzene rings is 2. The second kappa shape index (κ2) is 10.7. The van der Waals surface area contributed by atoms with E-state index in [1.165, 1.54) is 11.1 Å². The minimum atomic E-state index is -0.647. The second-order valence-electron chi connectivity index (χ2n) is 10.8. The Morgan fingerprint density at radius 2 is 1.66 bits per heavy atom. The standard InChI is InChI=1S/C30H43NO4/c1-7-28(5)22-30(33-21-27(34-30)20-32-19-25-15-11-9-12-16-25)24(4)29(6,8-2)31(28)35-23(3)26-17-13-10-14-18-26/h9-18,23-24,27H,7-8,19-22H2,1-6H3. The molecule has 4 rings (SSSR count). The van der Waals surface area contributed by atoms with Gasteiger partial charge in [-0.3, -0.25) is 4.84 Å². The predicted molar refractivity (Wildman–Crippen MR) is 139 cm³/mol. The zero-order chi connectivity index (χ0) is 25.1. The fraction of sp³-hybridized carbons (Fsp3) is 0.600. The van der Waals surface area contributed by atoms with Crippen LogP contribution in [0, 0.1) is 5.92 Å². The lowest BCUT2D eigenvalue weighted by Gasteiger charge is -2.62. The lowest BCUT2D eigenvalue weighted by atomic mass is 9.67. The van der Waals surface area contributed by atoms with E-state index in [1.807, 2.05) is 24.3 Å². The molecular weight excluding hydrogens is 438 g/mol. The molecule has 2 aliphatic rings. The van der Waals surface area contributed by atoms with Crippen LogP contribution in [-0.2, 0) is 25.7 Å². The van der Waals surface area contributed by atoms with Gasteiger partial charge in [-0.25, -0.2) is 0 Å². The third-order valence-corrected chi connectivity index (χ3v) is 8.48. The maximum absolute atomic E-state index is 6.80. The second-order valence-corrected chi connectivity index (χ2v) is 10.8. The van der Waals surface area contributed by atoms with Crippen LogP contribution in [0.1, 0.15) is 78.0 Å². The lowest BCUT2D eigenvalue weighted by Crippen LogP contribution is -2.71. The quantitative estimate of drug-likeness (QED) is 0.399. The first-order valence-electron chi connectivity index (χ1n) is 13.2. The maximum Gasteiger partial charge on any atom is 0.175 e. The summed E-state index contributed by atoms with van der Waals surface area (Å²) in [5.41, 5.74) is 1.86. The average Bonchev–Trinajstić information content (AvgIpc) is 3.29. The molecule has 5 nitrogen and oxygen atoms in total. The van der Waals surface area contributed by atoms with Gasteiger partial charge in [0.1, 0.15) is 12.2 Å². The van der Waals surface area contributed by atoms with Crippen molar-refractivity contribution in [1.82, 2.24) is 5.06 Å². The van der Waals surface area contributed by atoms with Gasteiger partial charge in [0.25, 0.3) is 0 Å². The van der Waals surface area contributed by atoms with E-state index in [0.29, 0.717) is 19.8 Å². The van der Waals surface area contributed by atoms with E-state index in [1.54, 1.807) is 0 Å². The summed E-state index contributed by atoms with van der Waals surface area (Å²) in [6.07, 6.45) is 2.50. The molecule has 0 aromatic heterocycles. The molecule has 2 aromatic carbocycles. The molecule has 0 radical (unpaired) electrons. The highest BCUT2D eigenvalue weighted by molar-refractivity contribution is 5.17. The Labute approximate surface area is 211 Å². The molecule has 0 bridgehead atoms. The van der Waals surface area contributed by atoms with Gasteiger partial charge in [0.2, 0.25) is 0 Å². The summed E-state index contributed by atoms with van der Waals surface area (Å²) >= 11 is 0. The number of hydrogen-bond donors (Lipinski definition) is 0. The fourth-order valence-corrected chi connectivity index (χ4v) is 5.80. The third-order valence-electron chi connectivity index (χ3n) is 8.48. The van der Waals surface area contributed by atoms with Crippen LogP contribution >= 0.6 is 0 Å². The molecule has 35 heavy (non-hydrogen) atoms. The van der Waals surface area contributed by atoms with Gasteiger partial charge < -0.3 is 14.2 Å². The summed E-state index contributed by atoms with van der Waals surface area (Å²) < 4.78 is 19.3. The van der Waals surface area contributed by atoms with Crippen molar-refractivity contribution in [2.45, 2.75) is 96.5 Å². The highest BCUT2D eigenvalue weighted by Crippen LogP contribution is 2.54. The highest BCUT2D eigenvalue weighted by atomic mass is 16.8. The van der Waals surface area contributed by atoms with E-state index >= 15 is 0 Å². The van der Waals surface area contributed by atoms with Crippen molar-refractivity contribution in [2.75, 3.05) is 13.2 Å². The van der Waals surface area contributed by atoms with Crippen molar-refractivity contribution < 1.29 is 19.0 Å². The van der Waals surface area contributed by atoms with E-state index in [0.717, 1.165) is 19.3 Å². The molecule has 0 amide bonds. The average molecular weight is 482 g/mol. The van der Waals surface area contributed by atoms with Crippen LogP contribution in [0.15, 0.2) is 60.7 Å². The predicted octanol–water partition coefficient (Wildman–Crippen LogP) is 6.69. The Hall–Kier alpha value is -1.76. The summed E-state index contributed by atoms with van der Waals surface area (Å²) in [5.74, 6) is -0.534. The Bertz CT molecular complexity index is 940. The minimum Gasteiger partial charge on any atom is -0.374 e. The van der Waals surface area contributed by atoms with Gasteiger partial charge in [-0.05, 0) is 44.7 Å². The van der Waals surface area contributed by atoms with Crippen molar-refractivity contribution in [2.24, 2.45) is 5.92 Å². The molecule has 6 atom stereocenters. The number of hydrogen-bond acceptors (Lipinski definition) is 5. The van der Waals surface area contributed by atoms with Gasteiger partial charge in [0.05, 0.1) is 25.4 Å². The number of piperidine rings is 1. The molecule has 2 fully saturated rings. The van der Waals surface area contributed by atoms with Crippen LogP contribution in [0.2, 0.25) is 0 Å². The van der Waals surface area contributed by atoms with Gasteiger partial charge in [-0.2, -0.15) is 5.06 Å². The van der Waals surface area contributed by atoms with Crippen LogP contribution in [-0.4, -0.2) is 41.2 Å². The van der Waals surface area contributed by atoms with Crippen molar-refractivity contribution in [3.63, 3.8) is 0 Å². The summed E-state index contributed by atoms with van der Waals surface area (Å²) in [6.45, 7) is 15.1. The van der Waals surface area contributed by atoms with Crippen LogP contribution in [0.3, 0.4) is 0 Å². The van der Waals surface area contributed by atoms with Crippen LogP contribution < -0.4 is 0 Å². The largest absolute Gasteiger partial charge is 0.374 e. The zero-order valence-corrected chi connectivity index (χ0v) is 22.3. The van der Waals surface area contributed by atoms with Gasteiger partial charge in [-0.15, -0.1) is 0 Å². The Kier molecular flexibility index (Phi) is 8.04. The van der Waals surface area contributed by atoms with Crippen molar-refractivity contribution in [3.8, 4) is 0 Å². The first-order valence-corrected chi connectivity index (χ1v) is 13.2. The van der Waals surface area contributed by atoms with E-state index in [-0.39, 0.29) is 29.2 Å². The summed E-state index contributed by atoms with van der Waals surface area (Å²) in [6, 6.07) is 20.7. The summed E-state index contributed by atoms with van der Waals surface area (Å²) in [7, 11) is 0. The van der Waals surface area contributed by atoms with Crippen LogP contribution in [0.5, 0.6) is 0 Å².